The van der Waals surface area contributed by atoms with Crippen LogP contribution in [0.3, 0.4) is 0 Å². The predicted octanol–water partition coefficient (Wildman–Crippen LogP) is 0.0327. The van der Waals surface area contributed by atoms with Crippen LogP contribution in [0, 0.1) is 0 Å². The molecule has 1 saturated heterocycles. The van der Waals surface area contributed by atoms with Gasteiger partial charge in [0.05, 0.1) is 12.2 Å². The number of morpholine rings is 1. The first-order valence-corrected chi connectivity index (χ1v) is 5.40. The number of rotatable bonds is 1. The van der Waals surface area contributed by atoms with Gasteiger partial charge in [0, 0.05) is 19.3 Å². The molecular weight excluding hydrogens is 174 g/mol. The Labute approximate surface area is 74.6 Å². The van der Waals surface area contributed by atoms with Crippen molar-refractivity contribution >= 4 is 16.6 Å². The molecule has 0 aromatic heterocycles. The van der Waals surface area contributed by atoms with E-state index in [4.69, 9.17) is 10.5 Å². The molecule has 0 amide bonds. The topological polar surface area (TPSA) is 50.8 Å². The second kappa shape index (κ2) is 3.57. The lowest BCUT2D eigenvalue weighted by molar-refractivity contribution is 0.00602. The molecule has 68 valence electrons. The molecular formula is C7H13N3OS. The molecule has 0 bridgehead atoms. The van der Waals surface area contributed by atoms with Crippen LogP contribution in [-0.2, 0) is 4.74 Å². The van der Waals surface area contributed by atoms with Gasteiger partial charge in [-0.25, -0.2) is 0 Å². The number of ether oxygens (including phenoxy) is 1. The molecule has 4 nitrogen and oxygen atoms in total. The molecule has 1 fully saturated rings. The Bertz CT molecular complexity index is 207. The van der Waals surface area contributed by atoms with Gasteiger partial charge in [-0.15, -0.1) is 11.1 Å². The molecule has 2 heterocycles. The zero-order chi connectivity index (χ0) is 8.39. The Hall–Kier alpha value is -0.360. The molecule has 2 N–H and O–H groups in total. The van der Waals surface area contributed by atoms with Gasteiger partial charge in [-0.3, -0.25) is 9.30 Å². The van der Waals surface area contributed by atoms with E-state index in [-0.39, 0.29) is 17.3 Å². The lowest BCUT2D eigenvalue weighted by Gasteiger charge is -2.34. The number of nitrogens with two attached hydrogens (primary N) is 1. The first-order chi connectivity index (χ1) is 5.86. The summed E-state index contributed by atoms with van der Waals surface area (Å²) in [6.07, 6.45) is 1.73. The van der Waals surface area contributed by atoms with Crippen LogP contribution in [0.4, 0.5) is 0 Å². The van der Waals surface area contributed by atoms with Crippen LogP contribution in [0.15, 0.2) is 16.6 Å². The van der Waals surface area contributed by atoms with Gasteiger partial charge in [0.25, 0.3) is 0 Å². The lowest BCUT2D eigenvalue weighted by atomic mass is 10.5. The molecule has 0 aromatic carbocycles. The van der Waals surface area contributed by atoms with Gasteiger partial charge in [-0.05, 0) is 5.41 Å². The van der Waals surface area contributed by atoms with Crippen molar-refractivity contribution in [2.45, 2.75) is 6.23 Å². The SMILES string of the molecule is NC1CN([SH]2C=CN=C2)CCO1. The van der Waals surface area contributed by atoms with E-state index >= 15 is 0 Å². The van der Waals surface area contributed by atoms with Crippen molar-refractivity contribution in [3.8, 4) is 0 Å². The summed E-state index contributed by atoms with van der Waals surface area (Å²) < 4.78 is 7.58. The highest BCUT2D eigenvalue weighted by molar-refractivity contribution is 8.29. The highest BCUT2D eigenvalue weighted by atomic mass is 32.2. The third-order valence-corrected chi connectivity index (χ3v) is 3.71. The summed E-state index contributed by atoms with van der Waals surface area (Å²) in [5, 5.41) is 2.13. The van der Waals surface area contributed by atoms with Crippen LogP contribution in [0.5, 0.6) is 0 Å². The maximum Gasteiger partial charge on any atom is 0.119 e. The number of hydrogen-bond acceptors (Lipinski definition) is 4. The van der Waals surface area contributed by atoms with Gasteiger partial charge in [-0.1, -0.05) is 0 Å². The monoisotopic (exact) mass is 187 g/mol. The van der Waals surface area contributed by atoms with E-state index in [1.165, 1.54) is 0 Å². The van der Waals surface area contributed by atoms with Crippen molar-refractivity contribution in [2.75, 3.05) is 19.7 Å². The first kappa shape index (κ1) is 8.25. The summed E-state index contributed by atoms with van der Waals surface area (Å²) in [4.78, 5) is 4.06. The van der Waals surface area contributed by atoms with Crippen LogP contribution in [0.1, 0.15) is 0 Å². The normalized spacial score (nSPS) is 39.1. The molecule has 2 aliphatic rings. The van der Waals surface area contributed by atoms with Crippen molar-refractivity contribution in [3.05, 3.63) is 11.6 Å². The van der Waals surface area contributed by atoms with Gasteiger partial charge in [-0.2, -0.15) is 0 Å². The van der Waals surface area contributed by atoms with E-state index in [0.29, 0.717) is 0 Å². The van der Waals surface area contributed by atoms with Gasteiger partial charge in [0.15, 0.2) is 0 Å². The summed E-state index contributed by atoms with van der Waals surface area (Å²) in [5.74, 6) is 0. The molecule has 0 aromatic rings. The van der Waals surface area contributed by atoms with Crippen molar-refractivity contribution in [3.63, 3.8) is 0 Å². The van der Waals surface area contributed by atoms with Crippen molar-refractivity contribution in [1.29, 1.82) is 0 Å². The van der Waals surface area contributed by atoms with Crippen molar-refractivity contribution < 1.29 is 4.74 Å². The minimum Gasteiger partial charge on any atom is -0.361 e. The first-order valence-electron chi connectivity index (χ1n) is 3.96. The molecule has 0 saturated carbocycles. The molecule has 0 aliphatic carbocycles. The van der Waals surface area contributed by atoms with Gasteiger partial charge in [0.1, 0.15) is 6.23 Å². The van der Waals surface area contributed by atoms with Crippen LogP contribution >= 0.6 is 11.1 Å². The minimum absolute atomic E-state index is 0.122. The summed E-state index contributed by atoms with van der Waals surface area (Å²) >= 11 is -0.289. The standard InChI is InChI=1S/C7H13N3OS/c8-7-5-10(2-3-11-7)12-4-1-9-6-12/h1,4,6-7,12H,2-3,5,8H2. The summed E-state index contributed by atoms with van der Waals surface area (Å²) in [7, 11) is 0. The number of hydrogen-bond donors (Lipinski definition) is 2. The van der Waals surface area contributed by atoms with Crippen LogP contribution in [0.2, 0.25) is 0 Å². The minimum atomic E-state index is -0.289. The average Bonchev–Trinajstić information content (AvgIpc) is 2.56. The lowest BCUT2D eigenvalue weighted by Crippen LogP contribution is -2.44. The predicted molar refractivity (Wildman–Crippen MR) is 52.1 cm³/mol. The van der Waals surface area contributed by atoms with E-state index in [1.54, 1.807) is 0 Å². The second-order valence-electron chi connectivity index (χ2n) is 2.76. The number of thiol groups is 1. The fourth-order valence-electron chi connectivity index (χ4n) is 1.29. The van der Waals surface area contributed by atoms with E-state index in [1.807, 2.05) is 11.7 Å². The molecule has 5 heteroatoms. The van der Waals surface area contributed by atoms with Crippen molar-refractivity contribution in [1.82, 2.24) is 4.31 Å². The molecule has 2 rings (SSSR count). The Balaban J connectivity index is 1.94. The Morgan fingerprint density at radius 2 is 2.58 bits per heavy atom. The summed E-state index contributed by atoms with van der Waals surface area (Å²) in [6.45, 7) is 2.53. The quantitative estimate of drug-likeness (QED) is 0.570. The van der Waals surface area contributed by atoms with Crippen LogP contribution < -0.4 is 5.73 Å². The van der Waals surface area contributed by atoms with Gasteiger partial charge in [0.2, 0.25) is 0 Å². The summed E-state index contributed by atoms with van der Waals surface area (Å²) in [5.41, 5.74) is 7.66. The fraction of sp³-hybridized carbons (Fsp3) is 0.571. The molecule has 2 atom stereocenters. The fourth-order valence-corrected chi connectivity index (χ4v) is 2.79. The molecule has 2 aliphatic heterocycles. The number of aliphatic imine (C=N–C) groups is 1. The zero-order valence-electron chi connectivity index (χ0n) is 6.76. The largest absolute Gasteiger partial charge is 0.361 e. The van der Waals surface area contributed by atoms with Crippen LogP contribution in [-0.4, -0.2) is 35.8 Å². The zero-order valence-corrected chi connectivity index (χ0v) is 7.65. The molecule has 0 spiro atoms. The Morgan fingerprint density at radius 3 is 3.25 bits per heavy atom. The highest BCUT2D eigenvalue weighted by Gasteiger charge is 2.20. The van der Waals surface area contributed by atoms with Crippen molar-refractivity contribution in [2.24, 2.45) is 10.7 Å². The van der Waals surface area contributed by atoms with E-state index < -0.39 is 0 Å². The third kappa shape index (κ3) is 1.69. The summed E-state index contributed by atoms with van der Waals surface area (Å²) in [6, 6.07) is 0. The molecule has 12 heavy (non-hydrogen) atoms. The number of nitrogens with zero attached hydrogens (tertiary/aromatic N) is 2. The highest BCUT2D eigenvalue weighted by Crippen LogP contribution is 2.33. The smallest absolute Gasteiger partial charge is 0.119 e. The van der Waals surface area contributed by atoms with Crippen LogP contribution in [0.25, 0.3) is 0 Å². The Morgan fingerprint density at radius 1 is 1.67 bits per heavy atom. The van der Waals surface area contributed by atoms with E-state index in [0.717, 1.165) is 19.7 Å². The molecule has 2 unspecified atom stereocenters. The van der Waals surface area contributed by atoms with Gasteiger partial charge >= 0.3 is 0 Å². The maximum atomic E-state index is 5.67. The second-order valence-corrected chi connectivity index (χ2v) is 4.62. The average molecular weight is 187 g/mol. The van der Waals surface area contributed by atoms with Gasteiger partial charge < -0.3 is 10.5 Å². The molecule has 0 radical (unpaired) electrons. The Kier molecular flexibility index (Phi) is 2.45. The maximum absolute atomic E-state index is 5.67. The van der Waals surface area contributed by atoms with E-state index in [9.17, 15) is 0 Å². The third-order valence-electron chi connectivity index (χ3n) is 1.89. The van der Waals surface area contributed by atoms with E-state index in [2.05, 4.69) is 14.7 Å².